The predicted octanol–water partition coefficient (Wildman–Crippen LogP) is 9.42. The number of amides is 1. The molecule has 0 aromatic carbocycles. The molecule has 0 bridgehead atoms. The first-order chi connectivity index (χ1) is 21.1. The van der Waals surface area contributed by atoms with Crippen LogP contribution in [-0.2, 0) is 4.79 Å². The van der Waals surface area contributed by atoms with Crippen LogP contribution in [0.5, 0.6) is 0 Å². The maximum absolute atomic E-state index is 12.3. The minimum absolute atomic E-state index is 0.386. The third-order valence-electron chi connectivity index (χ3n) is 7.96. The summed E-state index contributed by atoms with van der Waals surface area (Å²) in [6, 6.07) is -0.821. The van der Waals surface area contributed by atoms with Crippen LogP contribution in [0.15, 0.2) is 48.6 Å². The molecule has 0 saturated carbocycles. The Kier molecular flexibility index (Phi) is 31.9. The highest BCUT2D eigenvalue weighted by Gasteiger charge is 2.22. The molecule has 3 atom stereocenters. The Labute approximate surface area is 266 Å². The Hall–Kier alpha value is -1.69. The topological polar surface area (TPSA) is 89.8 Å². The van der Waals surface area contributed by atoms with Gasteiger partial charge in [0.15, 0.2) is 0 Å². The molecule has 4 N–H and O–H groups in total. The van der Waals surface area contributed by atoms with E-state index in [2.05, 4.69) is 48.7 Å². The standard InChI is InChI=1S/C38H69NO4/c1-3-5-7-9-11-13-14-15-16-17-18-19-20-21-22-23-25-27-29-31-33-37(42)38(43)39-35(34-40)36(41)32-30-28-26-24-12-10-8-6-4-2/h4,6,12,19-20,24,30,32,35-37,40-42H,3,5,7-11,13-18,21-23,25-29,31,33-34H2,1-2H3,(H,39,43)/b6-4+,20-19-,24-12+,32-30+. The van der Waals surface area contributed by atoms with Crippen molar-refractivity contribution in [1.29, 1.82) is 0 Å². The summed E-state index contributed by atoms with van der Waals surface area (Å²) in [7, 11) is 0. The van der Waals surface area contributed by atoms with Gasteiger partial charge in [0.05, 0.1) is 18.8 Å². The smallest absolute Gasteiger partial charge is 0.249 e. The molecule has 0 rings (SSSR count). The highest BCUT2D eigenvalue weighted by molar-refractivity contribution is 5.80. The number of unbranched alkanes of at least 4 members (excludes halogenated alkanes) is 18. The Morgan fingerprint density at radius 2 is 1.05 bits per heavy atom. The molecule has 0 heterocycles. The molecule has 0 aromatic rings. The summed E-state index contributed by atoms with van der Waals surface area (Å²) in [6.07, 6.45) is 41.5. The minimum Gasteiger partial charge on any atom is -0.394 e. The number of hydrogen-bond acceptors (Lipinski definition) is 4. The van der Waals surface area contributed by atoms with Gasteiger partial charge in [0, 0.05) is 0 Å². The fourth-order valence-electron chi connectivity index (χ4n) is 5.10. The number of nitrogens with one attached hydrogen (secondary N) is 1. The number of carbonyl (C=O) groups is 1. The van der Waals surface area contributed by atoms with E-state index in [9.17, 15) is 20.1 Å². The van der Waals surface area contributed by atoms with Crippen LogP contribution in [0.25, 0.3) is 0 Å². The maximum Gasteiger partial charge on any atom is 0.249 e. The lowest BCUT2D eigenvalue weighted by atomic mass is 10.0. The molecule has 5 heteroatoms. The molecule has 0 aliphatic carbocycles. The van der Waals surface area contributed by atoms with Crippen LogP contribution in [0.1, 0.15) is 162 Å². The highest BCUT2D eigenvalue weighted by Crippen LogP contribution is 2.13. The predicted molar refractivity (Wildman–Crippen MR) is 185 cm³/mol. The Balaban J connectivity index is 3.73. The van der Waals surface area contributed by atoms with Crippen LogP contribution in [0.2, 0.25) is 0 Å². The molecule has 0 spiro atoms. The number of allylic oxidation sites excluding steroid dienone is 7. The van der Waals surface area contributed by atoms with E-state index < -0.39 is 24.2 Å². The molecular weight excluding hydrogens is 534 g/mol. The summed E-state index contributed by atoms with van der Waals surface area (Å²) in [4.78, 5) is 12.3. The molecule has 250 valence electrons. The Morgan fingerprint density at radius 1 is 0.605 bits per heavy atom. The average molecular weight is 604 g/mol. The van der Waals surface area contributed by atoms with Gasteiger partial charge in [0.25, 0.3) is 0 Å². The lowest BCUT2D eigenvalue weighted by molar-refractivity contribution is -0.131. The molecule has 0 aromatic heterocycles. The first-order valence-electron chi connectivity index (χ1n) is 17.9. The summed E-state index contributed by atoms with van der Waals surface area (Å²) in [5.41, 5.74) is 0. The van der Waals surface area contributed by atoms with Gasteiger partial charge in [0.1, 0.15) is 6.10 Å². The van der Waals surface area contributed by atoms with Gasteiger partial charge >= 0.3 is 0 Å². The zero-order chi connectivity index (χ0) is 31.6. The maximum atomic E-state index is 12.3. The van der Waals surface area contributed by atoms with Gasteiger partial charge in [0.2, 0.25) is 5.91 Å². The van der Waals surface area contributed by atoms with E-state index in [-0.39, 0.29) is 6.61 Å². The number of carbonyl (C=O) groups excluding carboxylic acids is 1. The van der Waals surface area contributed by atoms with Gasteiger partial charge in [-0.15, -0.1) is 0 Å². The lowest BCUT2D eigenvalue weighted by Gasteiger charge is -2.21. The number of aliphatic hydroxyl groups is 3. The van der Waals surface area contributed by atoms with Crippen LogP contribution < -0.4 is 5.32 Å². The van der Waals surface area contributed by atoms with Gasteiger partial charge in [-0.25, -0.2) is 0 Å². The molecule has 3 unspecified atom stereocenters. The van der Waals surface area contributed by atoms with Crippen LogP contribution in [-0.4, -0.2) is 46.1 Å². The molecule has 43 heavy (non-hydrogen) atoms. The van der Waals surface area contributed by atoms with Crippen molar-refractivity contribution in [2.24, 2.45) is 0 Å². The molecule has 5 nitrogen and oxygen atoms in total. The second-order valence-electron chi connectivity index (χ2n) is 12.1. The fourth-order valence-corrected chi connectivity index (χ4v) is 5.10. The largest absolute Gasteiger partial charge is 0.394 e. The average Bonchev–Trinajstić information content (AvgIpc) is 3.01. The first-order valence-corrected chi connectivity index (χ1v) is 17.9. The molecule has 0 aliphatic rings. The number of aliphatic hydroxyl groups excluding tert-OH is 3. The van der Waals surface area contributed by atoms with Crippen molar-refractivity contribution in [2.75, 3.05) is 6.61 Å². The van der Waals surface area contributed by atoms with Gasteiger partial charge in [-0.3, -0.25) is 4.79 Å². The summed E-state index contributed by atoms with van der Waals surface area (Å²) in [6.45, 7) is 3.91. The third-order valence-corrected chi connectivity index (χ3v) is 7.96. The van der Waals surface area contributed by atoms with Crippen LogP contribution >= 0.6 is 0 Å². The van der Waals surface area contributed by atoms with E-state index in [0.717, 1.165) is 51.4 Å². The van der Waals surface area contributed by atoms with E-state index in [1.165, 1.54) is 89.9 Å². The quantitative estimate of drug-likeness (QED) is 0.0469. The summed E-state index contributed by atoms with van der Waals surface area (Å²) >= 11 is 0. The van der Waals surface area contributed by atoms with Crippen LogP contribution in [0.4, 0.5) is 0 Å². The number of hydrogen-bond donors (Lipinski definition) is 4. The zero-order valence-electron chi connectivity index (χ0n) is 28.1. The van der Waals surface area contributed by atoms with E-state index in [1.54, 1.807) is 6.08 Å². The summed E-state index contributed by atoms with van der Waals surface area (Å²) < 4.78 is 0. The van der Waals surface area contributed by atoms with Crippen LogP contribution in [0, 0.1) is 0 Å². The lowest BCUT2D eigenvalue weighted by Crippen LogP contribution is -2.48. The molecule has 0 fully saturated rings. The molecule has 0 radical (unpaired) electrons. The third kappa shape index (κ3) is 28.8. The molecule has 1 amide bonds. The Bertz CT molecular complexity index is 715. The second kappa shape index (κ2) is 33.2. The van der Waals surface area contributed by atoms with E-state index >= 15 is 0 Å². The van der Waals surface area contributed by atoms with Crippen molar-refractivity contribution < 1.29 is 20.1 Å². The fraction of sp³-hybridized carbons (Fsp3) is 0.763. The van der Waals surface area contributed by atoms with Crippen LogP contribution in [0.3, 0.4) is 0 Å². The van der Waals surface area contributed by atoms with Gasteiger partial charge in [-0.05, 0) is 64.7 Å². The van der Waals surface area contributed by atoms with Crippen molar-refractivity contribution in [3.63, 3.8) is 0 Å². The molecule has 0 aliphatic heterocycles. The SMILES string of the molecule is C/C=C/CC/C=C/CC/C=C/C(O)C(CO)NC(=O)C(O)CCCCCCCC/C=C\CCCCCCCCCCCC. The minimum atomic E-state index is -1.11. The van der Waals surface area contributed by atoms with Gasteiger partial charge in [-0.1, -0.05) is 145 Å². The van der Waals surface area contributed by atoms with E-state index in [4.69, 9.17) is 0 Å². The normalized spacial score (nSPS) is 14.4. The van der Waals surface area contributed by atoms with Crippen molar-refractivity contribution in [2.45, 2.75) is 180 Å². The van der Waals surface area contributed by atoms with Crippen molar-refractivity contribution >= 4 is 5.91 Å². The zero-order valence-corrected chi connectivity index (χ0v) is 28.1. The summed E-state index contributed by atoms with van der Waals surface area (Å²) in [5.74, 6) is -0.528. The monoisotopic (exact) mass is 604 g/mol. The van der Waals surface area contributed by atoms with Gasteiger partial charge in [-0.2, -0.15) is 0 Å². The van der Waals surface area contributed by atoms with E-state index in [0.29, 0.717) is 6.42 Å². The highest BCUT2D eigenvalue weighted by atomic mass is 16.3. The summed E-state index contributed by atoms with van der Waals surface area (Å²) in [5, 5.41) is 32.8. The molecular formula is C38H69NO4. The van der Waals surface area contributed by atoms with Crippen molar-refractivity contribution in [3.05, 3.63) is 48.6 Å². The van der Waals surface area contributed by atoms with Crippen molar-refractivity contribution in [3.8, 4) is 0 Å². The Morgan fingerprint density at radius 3 is 1.56 bits per heavy atom. The first kappa shape index (κ1) is 41.3. The van der Waals surface area contributed by atoms with E-state index in [1.807, 2.05) is 13.0 Å². The van der Waals surface area contributed by atoms with Crippen molar-refractivity contribution in [1.82, 2.24) is 5.32 Å². The second-order valence-corrected chi connectivity index (χ2v) is 12.1. The number of rotatable bonds is 31. The molecule has 0 saturated heterocycles. The van der Waals surface area contributed by atoms with Gasteiger partial charge < -0.3 is 20.6 Å².